The number of H-pyrrole nitrogens is 1. The summed E-state index contributed by atoms with van der Waals surface area (Å²) in [5.41, 5.74) is 13.8. The summed E-state index contributed by atoms with van der Waals surface area (Å²) in [6, 6.07) is 14.2. The van der Waals surface area contributed by atoms with Crippen LogP contribution in [0, 0.1) is 6.92 Å². The van der Waals surface area contributed by atoms with Gasteiger partial charge in [-0.25, -0.2) is 4.68 Å². The molecule has 0 amide bonds. The first-order valence-corrected chi connectivity index (χ1v) is 11.8. The predicted octanol–water partition coefficient (Wildman–Crippen LogP) is 5.23. The van der Waals surface area contributed by atoms with Crippen molar-refractivity contribution in [2.24, 2.45) is 0 Å². The number of anilines is 2. The highest BCUT2D eigenvalue weighted by Gasteiger charge is 2.27. The quantitative estimate of drug-likeness (QED) is 0.338. The number of aromatic nitrogens is 4. The third-order valence-electron chi connectivity index (χ3n) is 6.53. The first kappa shape index (κ1) is 22.7. The van der Waals surface area contributed by atoms with Gasteiger partial charge in [-0.2, -0.15) is 10.2 Å². The van der Waals surface area contributed by atoms with Crippen molar-refractivity contribution in [2.75, 3.05) is 17.2 Å². The average Bonchev–Trinajstić information content (AvgIpc) is 3.45. The van der Waals surface area contributed by atoms with Gasteiger partial charge in [-0.3, -0.25) is 5.10 Å². The van der Waals surface area contributed by atoms with Crippen molar-refractivity contribution in [3.8, 4) is 5.69 Å². The average molecular weight is 467 g/mol. The van der Waals surface area contributed by atoms with Crippen LogP contribution in [-0.2, 0) is 6.42 Å². The SMILES string of the molecule is C=C/C=C\C(=C/C)c1ccc2c(c1)CCCN2C(O)c1cc(C)nn1-c1ccc2[nH]nc(N)c2c1. The molecule has 0 bridgehead atoms. The van der Waals surface area contributed by atoms with Crippen LogP contribution in [-0.4, -0.2) is 31.6 Å². The molecule has 1 atom stereocenters. The van der Waals surface area contributed by atoms with Crippen molar-refractivity contribution in [3.05, 3.63) is 95.9 Å². The molecule has 1 aliphatic rings. The Hall–Kier alpha value is -4.10. The molecule has 35 heavy (non-hydrogen) atoms. The molecule has 5 rings (SSSR count). The molecule has 3 heterocycles. The van der Waals surface area contributed by atoms with Crippen LogP contribution in [0.4, 0.5) is 11.5 Å². The van der Waals surface area contributed by atoms with E-state index < -0.39 is 6.23 Å². The molecule has 4 N–H and O–H groups in total. The van der Waals surface area contributed by atoms with Crippen LogP contribution in [0.2, 0.25) is 0 Å². The van der Waals surface area contributed by atoms with Crippen molar-refractivity contribution in [1.82, 2.24) is 20.0 Å². The second-order valence-corrected chi connectivity index (χ2v) is 8.81. The number of benzene rings is 2. The van der Waals surface area contributed by atoms with Gasteiger partial charge in [0.1, 0.15) is 0 Å². The van der Waals surface area contributed by atoms with Gasteiger partial charge in [-0.1, -0.05) is 36.9 Å². The Morgan fingerprint density at radius 1 is 1.23 bits per heavy atom. The Morgan fingerprint density at radius 2 is 2.09 bits per heavy atom. The molecule has 1 aliphatic heterocycles. The van der Waals surface area contributed by atoms with Crippen LogP contribution < -0.4 is 10.6 Å². The molecule has 0 spiro atoms. The molecule has 4 aromatic rings. The summed E-state index contributed by atoms with van der Waals surface area (Å²) in [6.07, 6.45) is 8.99. The number of aliphatic hydroxyl groups is 1. The van der Waals surface area contributed by atoms with Crippen LogP contribution in [0.15, 0.2) is 73.3 Å². The van der Waals surface area contributed by atoms with Gasteiger partial charge in [0.05, 0.1) is 22.6 Å². The smallest absolute Gasteiger partial charge is 0.170 e. The lowest BCUT2D eigenvalue weighted by atomic mass is 9.95. The molecule has 0 aliphatic carbocycles. The maximum Gasteiger partial charge on any atom is 0.170 e. The second kappa shape index (κ2) is 9.27. The number of hydrogen-bond donors (Lipinski definition) is 3. The summed E-state index contributed by atoms with van der Waals surface area (Å²) in [5, 5.41) is 24.1. The molecule has 2 aromatic heterocycles. The standard InChI is InChI=1S/C28H30N6O/c1-4-6-8-19(5-2)20-10-13-25-21(16-20)9-7-14-33(25)28(35)26-15-18(3)32-34(26)22-11-12-24-23(17-22)27(29)31-30-24/h4-6,8,10-13,15-17,28,35H,1,7,9,14H2,2-3H3,(H3,29,30,31)/b8-6-,19-5+. The van der Waals surface area contributed by atoms with Crippen LogP contribution >= 0.6 is 0 Å². The number of nitrogens with zero attached hydrogens (tertiary/aromatic N) is 4. The largest absolute Gasteiger partial charge is 0.382 e. The van der Waals surface area contributed by atoms with Crippen molar-refractivity contribution in [2.45, 2.75) is 32.9 Å². The molecule has 0 fully saturated rings. The third kappa shape index (κ3) is 4.15. The minimum Gasteiger partial charge on any atom is -0.382 e. The summed E-state index contributed by atoms with van der Waals surface area (Å²) >= 11 is 0. The van der Waals surface area contributed by atoms with Crippen molar-refractivity contribution >= 4 is 28.0 Å². The van der Waals surface area contributed by atoms with E-state index in [9.17, 15) is 5.11 Å². The highest BCUT2D eigenvalue weighted by Crippen LogP contribution is 2.36. The number of rotatable bonds is 6. The number of allylic oxidation sites excluding steroid dienone is 5. The number of fused-ring (bicyclic) bond motifs is 2. The third-order valence-corrected chi connectivity index (χ3v) is 6.53. The lowest BCUT2D eigenvalue weighted by Gasteiger charge is -2.35. The van der Waals surface area contributed by atoms with E-state index in [4.69, 9.17) is 5.73 Å². The zero-order valence-corrected chi connectivity index (χ0v) is 20.1. The lowest BCUT2D eigenvalue weighted by Crippen LogP contribution is -2.34. The van der Waals surface area contributed by atoms with Gasteiger partial charge in [-0.15, -0.1) is 0 Å². The van der Waals surface area contributed by atoms with Gasteiger partial charge in [0.2, 0.25) is 0 Å². The number of nitrogens with two attached hydrogens (primary N) is 1. The fourth-order valence-corrected chi connectivity index (χ4v) is 4.81. The summed E-state index contributed by atoms with van der Waals surface area (Å²) < 4.78 is 1.80. The van der Waals surface area contributed by atoms with Gasteiger partial charge < -0.3 is 15.7 Å². The van der Waals surface area contributed by atoms with E-state index in [-0.39, 0.29) is 0 Å². The molecule has 7 nitrogen and oxygen atoms in total. The molecule has 0 saturated carbocycles. The van der Waals surface area contributed by atoms with E-state index in [0.29, 0.717) is 11.5 Å². The van der Waals surface area contributed by atoms with Crippen LogP contribution in [0.5, 0.6) is 0 Å². The lowest BCUT2D eigenvalue weighted by molar-refractivity contribution is 0.161. The van der Waals surface area contributed by atoms with E-state index in [1.807, 2.05) is 44.2 Å². The van der Waals surface area contributed by atoms with Gasteiger partial charge in [0, 0.05) is 17.6 Å². The molecule has 0 saturated heterocycles. The minimum absolute atomic E-state index is 0.442. The van der Waals surface area contributed by atoms with Crippen LogP contribution in [0.1, 0.15) is 42.1 Å². The first-order chi connectivity index (χ1) is 17.0. The van der Waals surface area contributed by atoms with E-state index in [1.54, 1.807) is 10.8 Å². The number of nitrogens with one attached hydrogen (secondary N) is 1. The van der Waals surface area contributed by atoms with Crippen LogP contribution in [0.3, 0.4) is 0 Å². The number of aromatic amines is 1. The molecule has 178 valence electrons. The highest BCUT2D eigenvalue weighted by molar-refractivity contribution is 5.90. The van der Waals surface area contributed by atoms with Crippen molar-refractivity contribution in [1.29, 1.82) is 0 Å². The van der Waals surface area contributed by atoms with Crippen LogP contribution in [0.25, 0.3) is 22.2 Å². The number of nitrogen functional groups attached to an aromatic ring is 1. The van der Waals surface area contributed by atoms with Crippen molar-refractivity contribution in [3.63, 3.8) is 0 Å². The topological polar surface area (TPSA) is 96.0 Å². The predicted molar refractivity (Wildman–Crippen MR) is 142 cm³/mol. The zero-order chi connectivity index (χ0) is 24.5. The molecule has 0 radical (unpaired) electrons. The maximum absolute atomic E-state index is 11.6. The minimum atomic E-state index is -0.847. The summed E-state index contributed by atoms with van der Waals surface area (Å²) in [6.45, 7) is 8.50. The zero-order valence-electron chi connectivity index (χ0n) is 20.1. The van der Waals surface area contributed by atoms with Crippen molar-refractivity contribution < 1.29 is 5.11 Å². The Kier molecular flexibility index (Phi) is 6.01. The summed E-state index contributed by atoms with van der Waals surface area (Å²) in [4.78, 5) is 2.06. The fourth-order valence-electron chi connectivity index (χ4n) is 4.81. The maximum atomic E-state index is 11.6. The van der Waals surface area contributed by atoms with Gasteiger partial charge in [0.25, 0.3) is 0 Å². The molecular weight excluding hydrogens is 436 g/mol. The molecule has 7 heteroatoms. The van der Waals surface area contributed by atoms with E-state index in [0.717, 1.165) is 58.5 Å². The first-order valence-electron chi connectivity index (χ1n) is 11.8. The number of aliphatic hydroxyl groups excluding tert-OH is 1. The number of aryl methyl sites for hydroxylation is 2. The van der Waals surface area contributed by atoms with Gasteiger partial charge in [-0.05, 0) is 79.8 Å². The summed E-state index contributed by atoms with van der Waals surface area (Å²) in [7, 11) is 0. The Morgan fingerprint density at radius 3 is 2.89 bits per heavy atom. The molecule has 2 aromatic carbocycles. The Balaban J connectivity index is 1.51. The normalized spacial score (nSPS) is 15.1. The van der Waals surface area contributed by atoms with E-state index in [2.05, 4.69) is 57.1 Å². The Labute approximate surface area is 204 Å². The second-order valence-electron chi connectivity index (χ2n) is 8.81. The van der Waals surface area contributed by atoms with E-state index in [1.165, 1.54) is 5.56 Å². The fraction of sp³-hybridized carbons (Fsp3) is 0.214. The number of hydrogen-bond acceptors (Lipinski definition) is 5. The monoisotopic (exact) mass is 466 g/mol. The molecule has 1 unspecified atom stereocenters. The Bertz CT molecular complexity index is 1460. The highest BCUT2D eigenvalue weighted by atomic mass is 16.3. The van der Waals surface area contributed by atoms with Gasteiger partial charge in [0.15, 0.2) is 12.0 Å². The molecular formula is C28H30N6O. The van der Waals surface area contributed by atoms with Gasteiger partial charge >= 0.3 is 0 Å². The summed E-state index contributed by atoms with van der Waals surface area (Å²) in [5.74, 6) is 0.442. The van der Waals surface area contributed by atoms with E-state index >= 15 is 0 Å².